The van der Waals surface area contributed by atoms with Crippen LogP contribution in [-0.2, 0) is 6.54 Å². The fraction of sp³-hybridized carbons (Fsp3) is 0.357. The van der Waals surface area contributed by atoms with Gasteiger partial charge in [-0.15, -0.1) is 23.1 Å². The fourth-order valence-corrected chi connectivity index (χ4v) is 4.16. The first-order valence-electron chi connectivity index (χ1n) is 6.29. The van der Waals surface area contributed by atoms with Crippen molar-refractivity contribution in [3.8, 4) is 0 Å². The lowest BCUT2D eigenvalue weighted by Crippen LogP contribution is -2.24. The summed E-state index contributed by atoms with van der Waals surface area (Å²) in [7, 11) is 0. The molecule has 100 valence electrons. The third kappa shape index (κ3) is 2.83. The highest BCUT2D eigenvalue weighted by atomic mass is 32.2. The Bertz CT molecular complexity index is 583. The maximum Gasteiger partial charge on any atom is 0.137 e. The molecular formula is C14H15FN2S2. The number of aromatic nitrogens is 1. The number of nitrogens with zero attached hydrogens (tertiary/aromatic N) is 1. The zero-order chi connectivity index (χ0) is 13.2. The summed E-state index contributed by atoms with van der Waals surface area (Å²) in [6, 6.07) is 5.59. The lowest BCUT2D eigenvalue weighted by atomic mass is 10.0. The quantitative estimate of drug-likeness (QED) is 0.929. The van der Waals surface area contributed by atoms with E-state index in [2.05, 4.69) is 15.7 Å². The summed E-state index contributed by atoms with van der Waals surface area (Å²) in [5, 5.41) is 6.65. The third-order valence-electron chi connectivity index (χ3n) is 3.19. The molecule has 5 heteroatoms. The highest BCUT2D eigenvalue weighted by molar-refractivity contribution is 7.99. The van der Waals surface area contributed by atoms with Gasteiger partial charge in [-0.3, -0.25) is 0 Å². The van der Waals surface area contributed by atoms with Crippen LogP contribution in [0.15, 0.2) is 28.5 Å². The van der Waals surface area contributed by atoms with E-state index in [1.54, 1.807) is 35.2 Å². The molecule has 3 rings (SSSR count). The smallest absolute Gasteiger partial charge is 0.137 e. The Labute approximate surface area is 120 Å². The molecule has 0 amide bonds. The van der Waals surface area contributed by atoms with Crippen LogP contribution in [-0.4, -0.2) is 10.7 Å². The van der Waals surface area contributed by atoms with E-state index >= 15 is 0 Å². The third-order valence-corrected chi connectivity index (χ3v) is 5.32. The zero-order valence-electron chi connectivity index (χ0n) is 10.6. The van der Waals surface area contributed by atoms with Gasteiger partial charge in [0.05, 0.1) is 0 Å². The molecule has 1 aliphatic heterocycles. The lowest BCUT2D eigenvalue weighted by molar-refractivity contribution is 0.496. The number of thiazole rings is 1. The molecule has 1 aliphatic rings. The van der Waals surface area contributed by atoms with Gasteiger partial charge >= 0.3 is 0 Å². The second-order valence-electron chi connectivity index (χ2n) is 4.61. The molecule has 0 saturated heterocycles. The summed E-state index contributed by atoms with van der Waals surface area (Å²) < 4.78 is 13.8. The first-order valence-corrected chi connectivity index (χ1v) is 8.16. The molecular weight excluding hydrogens is 279 g/mol. The van der Waals surface area contributed by atoms with Crippen molar-refractivity contribution >= 4 is 23.1 Å². The van der Waals surface area contributed by atoms with Crippen LogP contribution in [0.25, 0.3) is 0 Å². The zero-order valence-corrected chi connectivity index (χ0v) is 12.3. The Morgan fingerprint density at radius 3 is 3.16 bits per heavy atom. The van der Waals surface area contributed by atoms with E-state index in [4.69, 9.17) is 0 Å². The van der Waals surface area contributed by atoms with Gasteiger partial charge in [0, 0.05) is 28.6 Å². The van der Waals surface area contributed by atoms with Crippen molar-refractivity contribution < 1.29 is 4.39 Å². The number of halogens is 1. The summed E-state index contributed by atoms with van der Waals surface area (Å²) in [6.45, 7) is 2.76. The number of hydrogen-bond acceptors (Lipinski definition) is 4. The van der Waals surface area contributed by atoms with Crippen molar-refractivity contribution in [2.45, 2.75) is 30.8 Å². The summed E-state index contributed by atoms with van der Waals surface area (Å²) in [5.74, 6) is 0.863. The van der Waals surface area contributed by atoms with E-state index in [1.807, 2.05) is 13.0 Å². The lowest BCUT2D eigenvalue weighted by Gasteiger charge is -2.26. The van der Waals surface area contributed by atoms with Gasteiger partial charge in [0.25, 0.3) is 0 Å². The predicted octanol–water partition coefficient (Wildman–Crippen LogP) is 3.92. The highest BCUT2D eigenvalue weighted by Crippen LogP contribution is 2.37. The maximum absolute atomic E-state index is 13.8. The highest BCUT2D eigenvalue weighted by Gasteiger charge is 2.22. The largest absolute Gasteiger partial charge is 0.303 e. The Morgan fingerprint density at radius 1 is 1.47 bits per heavy atom. The molecule has 19 heavy (non-hydrogen) atoms. The molecule has 1 unspecified atom stereocenters. The average Bonchev–Trinajstić information content (AvgIpc) is 2.83. The number of hydrogen-bond donors (Lipinski definition) is 1. The molecule has 2 heterocycles. The number of fused-ring (bicyclic) bond motifs is 1. The van der Waals surface area contributed by atoms with Gasteiger partial charge in [-0.1, -0.05) is 12.1 Å². The molecule has 0 radical (unpaired) electrons. The van der Waals surface area contributed by atoms with Crippen LogP contribution in [0.3, 0.4) is 0 Å². The van der Waals surface area contributed by atoms with Gasteiger partial charge in [0.15, 0.2) is 0 Å². The summed E-state index contributed by atoms with van der Waals surface area (Å²) in [5.41, 5.74) is 2.15. The minimum atomic E-state index is -0.0981. The molecule has 1 aromatic heterocycles. The standard InChI is InChI=1S/C14H15FN2S2/c1-9-8-19-13(17-9)7-16-12-5-6-18-14-10(12)3-2-4-11(14)15/h2-4,8,12,16H,5-7H2,1H3. The average molecular weight is 294 g/mol. The Balaban J connectivity index is 1.75. The Hall–Kier alpha value is -0.910. The normalized spacial score (nSPS) is 18.3. The van der Waals surface area contributed by atoms with Crippen LogP contribution >= 0.6 is 23.1 Å². The van der Waals surface area contributed by atoms with E-state index in [-0.39, 0.29) is 11.9 Å². The van der Waals surface area contributed by atoms with Crippen LogP contribution in [0, 0.1) is 12.7 Å². The Morgan fingerprint density at radius 2 is 2.37 bits per heavy atom. The van der Waals surface area contributed by atoms with Crippen molar-refractivity contribution in [2.24, 2.45) is 0 Å². The molecule has 2 aromatic rings. The van der Waals surface area contributed by atoms with Gasteiger partial charge in [-0.25, -0.2) is 9.37 Å². The minimum absolute atomic E-state index is 0.0981. The van der Waals surface area contributed by atoms with Crippen molar-refractivity contribution in [3.63, 3.8) is 0 Å². The molecule has 0 fully saturated rings. The molecule has 1 aromatic carbocycles. The van der Waals surface area contributed by atoms with E-state index in [0.29, 0.717) is 0 Å². The van der Waals surface area contributed by atoms with Crippen molar-refractivity contribution in [3.05, 3.63) is 45.7 Å². The second kappa shape index (κ2) is 5.61. The molecule has 1 N–H and O–H groups in total. The van der Waals surface area contributed by atoms with Crippen LogP contribution < -0.4 is 5.32 Å². The SMILES string of the molecule is Cc1csc(CNC2CCSc3c(F)cccc32)n1. The van der Waals surface area contributed by atoms with Crippen LogP contribution in [0.4, 0.5) is 4.39 Å². The van der Waals surface area contributed by atoms with E-state index in [0.717, 1.165) is 39.9 Å². The second-order valence-corrected chi connectivity index (χ2v) is 6.66. The van der Waals surface area contributed by atoms with Gasteiger partial charge in [-0.2, -0.15) is 0 Å². The summed E-state index contributed by atoms with van der Waals surface area (Å²) >= 11 is 3.29. The number of thioether (sulfide) groups is 1. The van der Waals surface area contributed by atoms with E-state index < -0.39 is 0 Å². The number of nitrogens with one attached hydrogen (secondary N) is 1. The van der Waals surface area contributed by atoms with Gasteiger partial charge in [0.1, 0.15) is 10.8 Å². The molecule has 0 aliphatic carbocycles. The summed E-state index contributed by atoms with van der Waals surface area (Å²) in [6.07, 6.45) is 1.03. The number of aryl methyl sites for hydroxylation is 1. The van der Waals surface area contributed by atoms with E-state index in [1.165, 1.54) is 0 Å². The minimum Gasteiger partial charge on any atom is -0.303 e. The van der Waals surface area contributed by atoms with Gasteiger partial charge in [0.2, 0.25) is 0 Å². The first kappa shape index (κ1) is 13.1. The number of benzene rings is 1. The van der Waals surface area contributed by atoms with Crippen LogP contribution in [0.5, 0.6) is 0 Å². The molecule has 2 nitrogen and oxygen atoms in total. The Kier molecular flexibility index (Phi) is 3.86. The topological polar surface area (TPSA) is 24.9 Å². The predicted molar refractivity (Wildman–Crippen MR) is 78.2 cm³/mol. The summed E-state index contributed by atoms with van der Waals surface area (Å²) in [4.78, 5) is 5.25. The van der Waals surface area contributed by atoms with Crippen molar-refractivity contribution in [1.29, 1.82) is 0 Å². The van der Waals surface area contributed by atoms with Gasteiger partial charge < -0.3 is 5.32 Å². The van der Waals surface area contributed by atoms with Crippen molar-refractivity contribution in [2.75, 3.05) is 5.75 Å². The molecule has 1 atom stereocenters. The van der Waals surface area contributed by atoms with Crippen LogP contribution in [0.2, 0.25) is 0 Å². The monoisotopic (exact) mass is 294 g/mol. The first-order chi connectivity index (χ1) is 9.24. The fourth-order valence-electron chi connectivity index (χ4n) is 2.29. The maximum atomic E-state index is 13.8. The molecule has 0 spiro atoms. The molecule has 0 bridgehead atoms. The van der Waals surface area contributed by atoms with Crippen molar-refractivity contribution in [1.82, 2.24) is 10.3 Å². The molecule has 0 saturated carbocycles. The number of rotatable bonds is 3. The van der Waals surface area contributed by atoms with Crippen LogP contribution in [0.1, 0.15) is 28.7 Å². The van der Waals surface area contributed by atoms with E-state index in [9.17, 15) is 4.39 Å². The van der Waals surface area contributed by atoms with Gasteiger partial charge in [-0.05, 0) is 30.7 Å².